The van der Waals surface area contributed by atoms with Gasteiger partial charge in [0, 0.05) is 16.8 Å². The van der Waals surface area contributed by atoms with Crippen molar-refractivity contribution in [2.24, 2.45) is 0 Å². The molecule has 6 heteroatoms. The van der Waals surface area contributed by atoms with Crippen molar-refractivity contribution in [3.63, 3.8) is 0 Å². The number of nitrogens with one attached hydrogen (secondary N) is 1. The van der Waals surface area contributed by atoms with Crippen LogP contribution in [0.5, 0.6) is 11.5 Å². The lowest BCUT2D eigenvalue weighted by Crippen LogP contribution is -2.13. The molecule has 3 aromatic rings. The van der Waals surface area contributed by atoms with E-state index in [2.05, 4.69) is 11.4 Å². The van der Waals surface area contributed by atoms with Gasteiger partial charge in [-0.05, 0) is 49.4 Å². The number of amides is 1. The molecule has 0 heterocycles. The molecular weight excluding hydrogens is 402 g/mol. The molecule has 0 aliphatic heterocycles. The van der Waals surface area contributed by atoms with Gasteiger partial charge < -0.3 is 14.8 Å². The van der Waals surface area contributed by atoms with E-state index in [0.29, 0.717) is 34.9 Å². The summed E-state index contributed by atoms with van der Waals surface area (Å²) in [7, 11) is 0. The molecule has 0 radical (unpaired) electrons. The number of benzene rings is 3. The lowest BCUT2D eigenvalue weighted by Gasteiger charge is -2.11. The molecule has 0 unspecified atom stereocenters. The summed E-state index contributed by atoms with van der Waals surface area (Å²) in [4.78, 5) is 12.6. The molecule has 0 fully saturated rings. The van der Waals surface area contributed by atoms with Gasteiger partial charge in [-0.2, -0.15) is 10.5 Å². The fraction of sp³-hybridized carbons (Fsp3) is 0.115. The van der Waals surface area contributed by atoms with Crippen LogP contribution in [0.4, 0.5) is 5.69 Å². The van der Waals surface area contributed by atoms with Gasteiger partial charge in [0.15, 0.2) is 0 Å². The highest BCUT2D eigenvalue weighted by molar-refractivity contribution is 6.09. The molecule has 1 amide bonds. The topological polar surface area (TPSA) is 95.1 Å². The number of para-hydroxylation sites is 1. The van der Waals surface area contributed by atoms with Crippen molar-refractivity contribution < 1.29 is 14.3 Å². The van der Waals surface area contributed by atoms with E-state index in [1.54, 1.807) is 60.7 Å². The third-order valence-corrected chi connectivity index (χ3v) is 4.53. The van der Waals surface area contributed by atoms with Crippen LogP contribution in [0.2, 0.25) is 0 Å². The molecule has 0 aromatic heterocycles. The van der Waals surface area contributed by atoms with Crippen molar-refractivity contribution in [3.8, 4) is 23.6 Å². The van der Waals surface area contributed by atoms with Gasteiger partial charge in [0.05, 0.1) is 18.2 Å². The van der Waals surface area contributed by atoms with E-state index < -0.39 is 5.91 Å². The molecular formula is C26H21N3O3. The molecule has 0 saturated heterocycles. The van der Waals surface area contributed by atoms with Gasteiger partial charge in [-0.15, -0.1) is 0 Å². The van der Waals surface area contributed by atoms with Crippen molar-refractivity contribution in [2.75, 3.05) is 11.9 Å². The molecule has 6 nitrogen and oxygen atoms in total. The second-order valence-electron chi connectivity index (χ2n) is 6.68. The Morgan fingerprint density at radius 2 is 1.69 bits per heavy atom. The summed E-state index contributed by atoms with van der Waals surface area (Å²) in [5.74, 6) is 0.675. The number of rotatable bonds is 8. The normalized spacial score (nSPS) is 10.5. The van der Waals surface area contributed by atoms with Crippen molar-refractivity contribution >= 4 is 17.7 Å². The van der Waals surface area contributed by atoms with Gasteiger partial charge in [-0.3, -0.25) is 4.79 Å². The molecule has 158 valence electrons. The summed E-state index contributed by atoms with van der Waals surface area (Å²) in [6.07, 6.45) is 1.48. The van der Waals surface area contributed by atoms with Gasteiger partial charge in [0.25, 0.3) is 5.91 Å². The lowest BCUT2D eigenvalue weighted by molar-refractivity contribution is -0.112. The highest BCUT2D eigenvalue weighted by Gasteiger charge is 2.12. The first kappa shape index (κ1) is 22.1. The molecule has 0 aliphatic carbocycles. The molecule has 1 N–H and O–H groups in total. The van der Waals surface area contributed by atoms with Crippen molar-refractivity contribution in [3.05, 3.63) is 95.1 Å². The van der Waals surface area contributed by atoms with Crippen LogP contribution >= 0.6 is 0 Å². The maximum Gasteiger partial charge on any atom is 0.266 e. The lowest BCUT2D eigenvalue weighted by atomic mass is 10.1. The Bertz CT molecular complexity index is 1200. The SMILES string of the molecule is CCOc1ccc(NC(=O)/C(C#N)=C/c2ccccc2OCc2ccccc2C#N)cc1. The number of carbonyl (C=O) groups is 1. The van der Waals surface area contributed by atoms with E-state index in [1.165, 1.54) is 6.08 Å². The van der Waals surface area contributed by atoms with E-state index in [-0.39, 0.29) is 12.2 Å². The van der Waals surface area contributed by atoms with Crippen LogP contribution < -0.4 is 14.8 Å². The Kier molecular flexibility index (Phi) is 7.62. The van der Waals surface area contributed by atoms with Crippen LogP contribution in [0.15, 0.2) is 78.4 Å². The molecule has 0 saturated carbocycles. The highest BCUT2D eigenvalue weighted by atomic mass is 16.5. The van der Waals surface area contributed by atoms with Crippen LogP contribution in [0.3, 0.4) is 0 Å². The zero-order chi connectivity index (χ0) is 22.8. The van der Waals surface area contributed by atoms with Gasteiger partial charge in [-0.1, -0.05) is 36.4 Å². The van der Waals surface area contributed by atoms with Crippen LogP contribution in [-0.2, 0) is 11.4 Å². The highest BCUT2D eigenvalue weighted by Crippen LogP contribution is 2.23. The molecule has 0 aliphatic rings. The minimum atomic E-state index is -0.527. The minimum Gasteiger partial charge on any atom is -0.494 e. The van der Waals surface area contributed by atoms with Crippen LogP contribution in [-0.4, -0.2) is 12.5 Å². The van der Waals surface area contributed by atoms with Crippen LogP contribution in [0.25, 0.3) is 6.08 Å². The van der Waals surface area contributed by atoms with Crippen LogP contribution in [0.1, 0.15) is 23.6 Å². The molecule has 3 rings (SSSR count). The Morgan fingerprint density at radius 1 is 0.969 bits per heavy atom. The monoisotopic (exact) mass is 423 g/mol. The number of hydrogen-bond acceptors (Lipinski definition) is 5. The third-order valence-electron chi connectivity index (χ3n) is 4.53. The third kappa shape index (κ3) is 5.75. The average Bonchev–Trinajstić information content (AvgIpc) is 2.83. The van der Waals surface area contributed by atoms with Crippen molar-refractivity contribution in [1.29, 1.82) is 10.5 Å². The molecule has 32 heavy (non-hydrogen) atoms. The van der Waals surface area contributed by atoms with Gasteiger partial charge in [0.1, 0.15) is 29.7 Å². The fourth-order valence-corrected chi connectivity index (χ4v) is 2.95. The summed E-state index contributed by atoms with van der Waals surface area (Å²) in [5.41, 5.74) is 2.36. The standard InChI is InChI=1S/C26H21N3O3/c1-2-31-24-13-11-23(12-14-24)29-26(30)22(17-28)15-19-7-5-6-10-25(19)32-18-21-9-4-3-8-20(21)16-27/h3-15H,2,18H2,1H3,(H,29,30)/b22-15+. The number of nitriles is 2. The first-order valence-corrected chi connectivity index (χ1v) is 10.0. The van der Waals surface area contributed by atoms with Gasteiger partial charge in [-0.25, -0.2) is 0 Å². The molecule has 3 aromatic carbocycles. The number of nitrogens with zero attached hydrogens (tertiary/aromatic N) is 2. The summed E-state index contributed by atoms with van der Waals surface area (Å²) < 4.78 is 11.3. The predicted molar refractivity (Wildman–Crippen MR) is 122 cm³/mol. The minimum absolute atomic E-state index is 0.0626. The van der Waals surface area contributed by atoms with E-state index in [9.17, 15) is 15.3 Å². The first-order valence-electron chi connectivity index (χ1n) is 10.0. The molecule has 0 spiro atoms. The Labute approximate surface area is 186 Å². The number of carbonyl (C=O) groups excluding carboxylic acids is 1. The first-order chi connectivity index (χ1) is 15.6. The maximum absolute atomic E-state index is 12.6. The summed E-state index contributed by atoms with van der Waals surface area (Å²) in [5, 5.41) is 21.5. The second-order valence-corrected chi connectivity index (χ2v) is 6.68. The van der Waals surface area contributed by atoms with Gasteiger partial charge >= 0.3 is 0 Å². The molecule has 0 atom stereocenters. The number of anilines is 1. The zero-order valence-electron chi connectivity index (χ0n) is 17.5. The zero-order valence-corrected chi connectivity index (χ0v) is 17.5. The summed E-state index contributed by atoms with van der Waals surface area (Å²) in [6, 6.07) is 25.3. The van der Waals surface area contributed by atoms with E-state index in [4.69, 9.17) is 9.47 Å². The van der Waals surface area contributed by atoms with E-state index >= 15 is 0 Å². The van der Waals surface area contributed by atoms with Crippen molar-refractivity contribution in [1.82, 2.24) is 0 Å². The summed E-state index contributed by atoms with van der Waals surface area (Å²) in [6.45, 7) is 2.63. The smallest absolute Gasteiger partial charge is 0.266 e. The second kappa shape index (κ2) is 11.0. The average molecular weight is 423 g/mol. The Morgan fingerprint density at radius 3 is 2.41 bits per heavy atom. The Hall–Kier alpha value is -4.55. The number of hydrogen-bond donors (Lipinski definition) is 1. The van der Waals surface area contributed by atoms with Crippen molar-refractivity contribution in [2.45, 2.75) is 13.5 Å². The quantitative estimate of drug-likeness (QED) is 0.403. The predicted octanol–water partition coefficient (Wildman–Crippen LogP) is 5.08. The van der Waals surface area contributed by atoms with Crippen LogP contribution in [0, 0.1) is 22.7 Å². The fourth-order valence-electron chi connectivity index (χ4n) is 2.95. The Balaban J connectivity index is 1.76. The largest absolute Gasteiger partial charge is 0.494 e. The number of ether oxygens (including phenoxy) is 2. The maximum atomic E-state index is 12.6. The summed E-state index contributed by atoms with van der Waals surface area (Å²) >= 11 is 0. The van der Waals surface area contributed by atoms with E-state index in [0.717, 1.165) is 5.56 Å². The van der Waals surface area contributed by atoms with Gasteiger partial charge in [0.2, 0.25) is 0 Å². The van der Waals surface area contributed by atoms with E-state index in [1.807, 2.05) is 25.1 Å². The molecule has 0 bridgehead atoms.